The van der Waals surface area contributed by atoms with Gasteiger partial charge in [-0.1, -0.05) is 30.3 Å². The van der Waals surface area contributed by atoms with Gasteiger partial charge in [-0.25, -0.2) is 0 Å². The molecular formula is C19H23ClN6O4. The van der Waals surface area contributed by atoms with Crippen LogP contribution in [0, 0.1) is 15.5 Å². The second-order valence-electron chi connectivity index (χ2n) is 6.37. The van der Waals surface area contributed by atoms with Crippen LogP contribution in [0.3, 0.4) is 0 Å². The number of nitrogens with one attached hydrogen (secondary N) is 3. The highest BCUT2D eigenvalue weighted by molar-refractivity contribution is 6.21. The number of anilines is 1. The fourth-order valence-corrected chi connectivity index (χ4v) is 2.68. The maximum Gasteiger partial charge on any atom is 0.269 e. The number of benzene rings is 2. The zero-order chi connectivity index (χ0) is 21.4. The molecule has 7 N–H and O–H groups in total. The number of guanidine groups is 1. The molecule has 0 unspecified atom stereocenters. The first-order chi connectivity index (χ1) is 13.7. The van der Waals surface area contributed by atoms with Crippen LogP contribution in [0.25, 0.3) is 0 Å². The van der Waals surface area contributed by atoms with Crippen molar-refractivity contribution in [3.8, 4) is 0 Å². The molecule has 1 amide bonds. The van der Waals surface area contributed by atoms with Gasteiger partial charge in [-0.3, -0.25) is 25.1 Å². The van der Waals surface area contributed by atoms with Crippen LogP contribution in [0.4, 0.5) is 11.4 Å². The summed E-state index contributed by atoms with van der Waals surface area (Å²) >= 11 is 0. The summed E-state index contributed by atoms with van der Waals surface area (Å²) in [4.78, 5) is 36.1. The maximum atomic E-state index is 13.0. The number of nitrogens with zero attached hydrogens (tertiary/aromatic N) is 1. The van der Waals surface area contributed by atoms with Crippen molar-refractivity contribution in [2.24, 2.45) is 11.5 Å². The minimum Gasteiger partial charge on any atom is -0.370 e. The van der Waals surface area contributed by atoms with E-state index in [0.717, 1.165) is 0 Å². The highest BCUT2D eigenvalue weighted by Crippen LogP contribution is 2.21. The number of carbonyl (C=O) groups excluding carboxylic acids is 2. The third-order valence-corrected chi connectivity index (χ3v) is 4.25. The summed E-state index contributed by atoms with van der Waals surface area (Å²) in [6.07, 6.45) is 0.308. The molecule has 0 spiro atoms. The summed E-state index contributed by atoms with van der Waals surface area (Å²) < 4.78 is 0. The standard InChI is InChI=1S/C19H22N6O4.ClH/c20-18(21)23-12-4-11-19(22,16(26)13-5-2-1-3-6-13)17(27)24-14-7-9-15(10-8-14)25(28)29;/h1-3,5-10H,4,11-12,22H2,(H,24,27)(H4,20,21,23);1H/t19-;/m1./s1. The van der Waals surface area contributed by atoms with Crippen LogP contribution < -0.4 is 22.1 Å². The van der Waals surface area contributed by atoms with Crippen molar-refractivity contribution >= 4 is 41.4 Å². The summed E-state index contributed by atoms with van der Waals surface area (Å²) in [6.45, 7) is 0.265. The molecule has 11 heteroatoms. The lowest BCUT2D eigenvalue weighted by atomic mass is 9.84. The van der Waals surface area contributed by atoms with Crippen molar-refractivity contribution in [2.45, 2.75) is 18.4 Å². The molecule has 2 aromatic carbocycles. The van der Waals surface area contributed by atoms with Crippen LogP contribution in [-0.2, 0) is 4.79 Å². The molecule has 0 aromatic heterocycles. The van der Waals surface area contributed by atoms with Crippen molar-refractivity contribution in [3.05, 3.63) is 70.3 Å². The van der Waals surface area contributed by atoms with Crippen molar-refractivity contribution in [3.63, 3.8) is 0 Å². The molecule has 0 bridgehead atoms. The van der Waals surface area contributed by atoms with E-state index < -0.39 is 22.2 Å². The average molecular weight is 435 g/mol. The Labute approximate surface area is 179 Å². The van der Waals surface area contributed by atoms with Crippen LogP contribution in [0.1, 0.15) is 23.2 Å². The third-order valence-electron chi connectivity index (χ3n) is 4.25. The van der Waals surface area contributed by atoms with Gasteiger partial charge in [0.15, 0.2) is 17.3 Å². The van der Waals surface area contributed by atoms with Crippen LogP contribution in [-0.4, -0.2) is 34.7 Å². The zero-order valence-corrected chi connectivity index (χ0v) is 16.8. The van der Waals surface area contributed by atoms with Crippen LogP contribution in [0.5, 0.6) is 0 Å². The maximum absolute atomic E-state index is 13.0. The SMILES string of the molecule is Cl.N=C(N)NCCC[C@](N)(C(=O)Nc1ccc([N+](=O)[O-])cc1)C(=O)c1ccccc1. The monoisotopic (exact) mass is 434 g/mol. The van der Waals surface area contributed by atoms with E-state index in [1.165, 1.54) is 24.3 Å². The van der Waals surface area contributed by atoms with Crippen molar-refractivity contribution in [1.82, 2.24) is 5.32 Å². The molecule has 160 valence electrons. The first-order valence-corrected chi connectivity index (χ1v) is 8.76. The lowest BCUT2D eigenvalue weighted by Gasteiger charge is -2.27. The Kier molecular flexibility index (Phi) is 8.90. The number of ketones is 1. The number of nitrogens with two attached hydrogens (primary N) is 2. The van der Waals surface area contributed by atoms with Crippen molar-refractivity contribution in [1.29, 1.82) is 5.41 Å². The fourth-order valence-electron chi connectivity index (χ4n) is 2.68. The number of nitro groups is 1. The fraction of sp³-hybridized carbons (Fsp3) is 0.211. The molecule has 1 atom stereocenters. The first-order valence-electron chi connectivity index (χ1n) is 8.76. The smallest absolute Gasteiger partial charge is 0.269 e. The molecule has 0 aliphatic heterocycles. The summed E-state index contributed by atoms with van der Waals surface area (Å²) in [5, 5.41) is 23.1. The van der Waals surface area contributed by atoms with Crippen LogP contribution >= 0.6 is 12.4 Å². The second kappa shape index (κ2) is 10.9. The number of hydrogen-bond acceptors (Lipinski definition) is 6. The van der Waals surface area contributed by atoms with Gasteiger partial charge in [0.05, 0.1) is 4.92 Å². The molecule has 0 fully saturated rings. The van der Waals surface area contributed by atoms with Gasteiger partial charge in [-0.2, -0.15) is 0 Å². The second-order valence-corrected chi connectivity index (χ2v) is 6.37. The van der Waals surface area contributed by atoms with E-state index in [0.29, 0.717) is 6.42 Å². The predicted molar refractivity (Wildman–Crippen MR) is 116 cm³/mol. The van der Waals surface area contributed by atoms with Gasteiger partial charge in [-0.15, -0.1) is 12.4 Å². The molecule has 2 aromatic rings. The molecule has 0 radical (unpaired) electrons. The Morgan fingerprint density at radius 2 is 1.70 bits per heavy atom. The molecular weight excluding hydrogens is 412 g/mol. The van der Waals surface area contributed by atoms with Crippen LogP contribution in [0.15, 0.2) is 54.6 Å². The Hall–Kier alpha value is -3.50. The number of carbonyl (C=O) groups is 2. The first kappa shape index (κ1) is 24.5. The Morgan fingerprint density at radius 3 is 2.23 bits per heavy atom. The van der Waals surface area contributed by atoms with E-state index in [9.17, 15) is 19.7 Å². The molecule has 0 saturated heterocycles. The van der Waals surface area contributed by atoms with Gasteiger partial charge >= 0.3 is 0 Å². The molecule has 0 aliphatic rings. The number of amides is 1. The lowest BCUT2D eigenvalue weighted by Crippen LogP contribution is -2.57. The normalized spacial score (nSPS) is 12.0. The third kappa shape index (κ3) is 6.26. The molecule has 2 rings (SSSR count). The van der Waals surface area contributed by atoms with Gasteiger partial charge < -0.3 is 22.1 Å². The van der Waals surface area contributed by atoms with E-state index in [1.54, 1.807) is 30.3 Å². The Bertz CT molecular complexity index is 907. The van der Waals surface area contributed by atoms with E-state index >= 15 is 0 Å². The summed E-state index contributed by atoms with van der Waals surface area (Å²) in [5.41, 5.74) is 10.1. The predicted octanol–water partition coefficient (Wildman–Crippen LogP) is 1.80. The summed E-state index contributed by atoms with van der Waals surface area (Å²) in [5.74, 6) is -1.51. The highest BCUT2D eigenvalue weighted by atomic mass is 35.5. The van der Waals surface area contributed by atoms with Gasteiger partial charge in [-0.05, 0) is 25.0 Å². The lowest BCUT2D eigenvalue weighted by molar-refractivity contribution is -0.384. The Balaban J connectivity index is 0.00000450. The van der Waals surface area contributed by atoms with Crippen molar-refractivity contribution < 1.29 is 14.5 Å². The number of halogens is 1. The van der Waals surface area contributed by atoms with Gasteiger partial charge in [0.2, 0.25) is 0 Å². The number of nitro benzene ring substituents is 1. The van der Waals surface area contributed by atoms with E-state index in [-0.39, 0.29) is 48.3 Å². The van der Waals surface area contributed by atoms with Gasteiger partial charge in [0.1, 0.15) is 0 Å². The molecule has 10 nitrogen and oxygen atoms in total. The minimum absolute atomic E-state index is 0. The van der Waals surface area contributed by atoms with Crippen molar-refractivity contribution in [2.75, 3.05) is 11.9 Å². The quantitative estimate of drug-likeness (QED) is 0.0759. The largest absolute Gasteiger partial charge is 0.370 e. The number of non-ortho nitro benzene ring substituents is 1. The summed E-state index contributed by atoms with van der Waals surface area (Å²) in [7, 11) is 0. The molecule has 0 heterocycles. The van der Waals surface area contributed by atoms with Gasteiger partial charge in [0, 0.05) is 29.9 Å². The average Bonchev–Trinajstić information content (AvgIpc) is 2.71. The van der Waals surface area contributed by atoms with E-state index in [1.807, 2.05) is 0 Å². The summed E-state index contributed by atoms with van der Waals surface area (Å²) in [6, 6.07) is 13.4. The number of rotatable bonds is 9. The molecule has 0 aliphatic carbocycles. The molecule has 30 heavy (non-hydrogen) atoms. The topological polar surface area (TPSA) is 177 Å². The van der Waals surface area contributed by atoms with Gasteiger partial charge in [0.25, 0.3) is 11.6 Å². The zero-order valence-electron chi connectivity index (χ0n) is 16.0. The van der Waals surface area contributed by atoms with E-state index in [4.69, 9.17) is 16.9 Å². The molecule has 0 saturated carbocycles. The minimum atomic E-state index is -1.87. The number of hydrogen-bond donors (Lipinski definition) is 5. The van der Waals surface area contributed by atoms with Crippen LogP contribution in [0.2, 0.25) is 0 Å². The highest BCUT2D eigenvalue weighted by Gasteiger charge is 2.41. The van der Waals surface area contributed by atoms with E-state index in [2.05, 4.69) is 10.6 Å². The Morgan fingerprint density at radius 1 is 1.10 bits per heavy atom. The number of Topliss-reactive ketones (excluding diaryl/α,β-unsaturated/α-hetero) is 1.